The topological polar surface area (TPSA) is 52.6 Å². The number of aliphatic hydroxyl groups excluding tert-OH is 1. The summed E-state index contributed by atoms with van der Waals surface area (Å²) in [6.07, 6.45) is 5.36. The Morgan fingerprint density at radius 3 is 3.06 bits per heavy atom. The minimum absolute atomic E-state index is 0.0159. The molecule has 0 radical (unpaired) electrons. The van der Waals surface area contributed by atoms with E-state index in [1.807, 2.05) is 4.90 Å². The van der Waals surface area contributed by atoms with Crippen LogP contribution in [-0.2, 0) is 0 Å². The van der Waals surface area contributed by atoms with E-state index in [1.54, 1.807) is 6.08 Å². The van der Waals surface area contributed by atoms with Gasteiger partial charge in [0.25, 0.3) is 0 Å². The summed E-state index contributed by atoms with van der Waals surface area (Å²) in [7, 11) is 0. The van der Waals surface area contributed by atoms with Crippen molar-refractivity contribution in [2.45, 2.75) is 38.1 Å². The molecule has 0 unspecified atom stereocenters. The Labute approximate surface area is 97.3 Å². The second-order valence-corrected chi connectivity index (χ2v) is 4.55. The van der Waals surface area contributed by atoms with Crippen LogP contribution in [-0.4, -0.2) is 41.3 Å². The van der Waals surface area contributed by atoms with Gasteiger partial charge in [-0.2, -0.15) is 0 Å². The maximum Gasteiger partial charge on any atom is 0.318 e. The molecule has 4 nitrogen and oxygen atoms in total. The SMILES string of the molecule is C=CCNC(=O)N1CCC[C@]1(C)CCCO. The van der Waals surface area contributed by atoms with Crippen LogP contribution in [0.25, 0.3) is 0 Å². The highest BCUT2D eigenvalue weighted by atomic mass is 16.3. The van der Waals surface area contributed by atoms with Gasteiger partial charge in [-0.15, -0.1) is 6.58 Å². The van der Waals surface area contributed by atoms with Crippen LogP contribution in [0, 0.1) is 0 Å². The van der Waals surface area contributed by atoms with E-state index in [4.69, 9.17) is 5.11 Å². The standard InChI is InChI=1S/C12H22N2O2/c1-3-8-13-11(16)14-9-4-6-12(14,2)7-5-10-15/h3,15H,1,4-10H2,2H3,(H,13,16)/t12-/m1/s1. The normalized spacial score (nSPS) is 24.5. The lowest BCUT2D eigenvalue weighted by Gasteiger charge is -2.35. The smallest absolute Gasteiger partial charge is 0.318 e. The van der Waals surface area contributed by atoms with Crippen molar-refractivity contribution < 1.29 is 9.90 Å². The zero-order valence-corrected chi connectivity index (χ0v) is 10.0. The molecule has 1 aliphatic heterocycles. The molecule has 2 N–H and O–H groups in total. The van der Waals surface area contributed by atoms with Crippen LogP contribution in [0.4, 0.5) is 4.79 Å². The van der Waals surface area contributed by atoms with E-state index >= 15 is 0 Å². The Morgan fingerprint density at radius 1 is 1.69 bits per heavy atom. The predicted octanol–water partition coefficient (Wildman–Crippen LogP) is 1.51. The number of nitrogens with one attached hydrogen (secondary N) is 1. The molecule has 0 saturated carbocycles. The highest BCUT2D eigenvalue weighted by Crippen LogP contribution is 2.32. The van der Waals surface area contributed by atoms with Crippen molar-refractivity contribution in [3.63, 3.8) is 0 Å². The lowest BCUT2D eigenvalue weighted by atomic mass is 9.93. The average Bonchev–Trinajstić information content (AvgIpc) is 2.66. The fourth-order valence-electron chi connectivity index (χ4n) is 2.34. The number of rotatable bonds is 5. The summed E-state index contributed by atoms with van der Waals surface area (Å²) in [4.78, 5) is 13.8. The number of hydrogen-bond acceptors (Lipinski definition) is 2. The first-order valence-corrected chi connectivity index (χ1v) is 5.91. The van der Waals surface area contributed by atoms with E-state index in [-0.39, 0.29) is 18.2 Å². The highest BCUT2D eigenvalue weighted by molar-refractivity contribution is 5.75. The van der Waals surface area contributed by atoms with Crippen molar-refractivity contribution in [2.24, 2.45) is 0 Å². The van der Waals surface area contributed by atoms with Gasteiger partial charge in [-0.1, -0.05) is 6.08 Å². The summed E-state index contributed by atoms with van der Waals surface area (Å²) < 4.78 is 0. The molecule has 1 aliphatic rings. The summed E-state index contributed by atoms with van der Waals surface area (Å²) in [6, 6.07) is -0.0159. The van der Waals surface area contributed by atoms with Gasteiger partial charge in [-0.3, -0.25) is 0 Å². The van der Waals surface area contributed by atoms with Crippen LogP contribution < -0.4 is 5.32 Å². The second-order valence-electron chi connectivity index (χ2n) is 4.55. The molecule has 2 amide bonds. The van der Waals surface area contributed by atoms with Gasteiger partial charge in [0.15, 0.2) is 0 Å². The van der Waals surface area contributed by atoms with Gasteiger partial charge in [0.05, 0.1) is 0 Å². The molecule has 1 rings (SSSR count). The van der Waals surface area contributed by atoms with E-state index in [1.165, 1.54) is 0 Å². The Balaban J connectivity index is 2.56. The van der Waals surface area contributed by atoms with Gasteiger partial charge in [0.1, 0.15) is 0 Å². The molecular weight excluding hydrogens is 204 g/mol. The van der Waals surface area contributed by atoms with E-state index in [0.29, 0.717) is 6.54 Å². The van der Waals surface area contributed by atoms with E-state index in [2.05, 4.69) is 18.8 Å². The first kappa shape index (κ1) is 13.0. The van der Waals surface area contributed by atoms with Crippen molar-refractivity contribution >= 4 is 6.03 Å². The zero-order valence-electron chi connectivity index (χ0n) is 10.0. The molecule has 0 aromatic heterocycles. The molecule has 0 bridgehead atoms. The Kier molecular flexibility index (Phi) is 4.80. The highest BCUT2D eigenvalue weighted by Gasteiger charge is 2.38. The number of carbonyl (C=O) groups is 1. The van der Waals surface area contributed by atoms with Crippen molar-refractivity contribution in [1.82, 2.24) is 10.2 Å². The fraction of sp³-hybridized carbons (Fsp3) is 0.750. The Morgan fingerprint density at radius 2 is 2.44 bits per heavy atom. The number of carbonyl (C=O) groups excluding carboxylic acids is 1. The number of urea groups is 1. The van der Waals surface area contributed by atoms with Gasteiger partial charge in [-0.25, -0.2) is 4.79 Å². The molecule has 1 fully saturated rings. The summed E-state index contributed by atoms with van der Waals surface area (Å²) >= 11 is 0. The van der Waals surface area contributed by atoms with Gasteiger partial charge >= 0.3 is 6.03 Å². The minimum atomic E-state index is -0.0893. The second kappa shape index (κ2) is 5.89. The van der Waals surface area contributed by atoms with Crippen LogP contribution in [0.3, 0.4) is 0 Å². The summed E-state index contributed by atoms with van der Waals surface area (Å²) in [5.74, 6) is 0. The quantitative estimate of drug-likeness (QED) is 0.698. The molecule has 0 aromatic carbocycles. The van der Waals surface area contributed by atoms with Crippen molar-refractivity contribution in [3.8, 4) is 0 Å². The predicted molar refractivity (Wildman–Crippen MR) is 64.3 cm³/mol. The number of hydrogen-bond donors (Lipinski definition) is 2. The third kappa shape index (κ3) is 2.98. The molecule has 4 heteroatoms. The lowest BCUT2D eigenvalue weighted by Crippen LogP contribution is -2.49. The van der Waals surface area contributed by atoms with E-state index in [0.717, 1.165) is 32.2 Å². The maximum atomic E-state index is 11.9. The Bertz CT molecular complexity index is 255. The van der Waals surface area contributed by atoms with Crippen LogP contribution in [0.5, 0.6) is 0 Å². The molecule has 0 aromatic rings. The molecule has 1 saturated heterocycles. The zero-order chi connectivity index (χ0) is 12.0. The molecule has 0 spiro atoms. The van der Waals surface area contributed by atoms with Gasteiger partial charge in [-0.05, 0) is 32.6 Å². The third-order valence-electron chi connectivity index (χ3n) is 3.26. The summed E-state index contributed by atoms with van der Waals surface area (Å²) in [5, 5.41) is 11.7. The van der Waals surface area contributed by atoms with Crippen LogP contribution >= 0.6 is 0 Å². The van der Waals surface area contributed by atoms with E-state index in [9.17, 15) is 4.79 Å². The maximum absolute atomic E-state index is 11.9. The average molecular weight is 226 g/mol. The monoisotopic (exact) mass is 226 g/mol. The van der Waals surface area contributed by atoms with Gasteiger partial charge in [0.2, 0.25) is 0 Å². The van der Waals surface area contributed by atoms with Crippen molar-refractivity contribution in [1.29, 1.82) is 0 Å². The third-order valence-corrected chi connectivity index (χ3v) is 3.26. The van der Waals surface area contributed by atoms with Crippen molar-refractivity contribution in [3.05, 3.63) is 12.7 Å². The molecule has 16 heavy (non-hydrogen) atoms. The fourth-order valence-corrected chi connectivity index (χ4v) is 2.34. The minimum Gasteiger partial charge on any atom is -0.396 e. The largest absolute Gasteiger partial charge is 0.396 e. The van der Waals surface area contributed by atoms with E-state index < -0.39 is 0 Å². The number of likely N-dealkylation sites (tertiary alicyclic amines) is 1. The molecule has 1 atom stereocenters. The molecule has 0 aliphatic carbocycles. The van der Waals surface area contributed by atoms with Crippen molar-refractivity contribution in [2.75, 3.05) is 19.7 Å². The Hall–Kier alpha value is -1.03. The molecule has 92 valence electrons. The molecular formula is C12H22N2O2. The van der Waals surface area contributed by atoms with Gasteiger partial charge in [0, 0.05) is 25.2 Å². The summed E-state index contributed by atoms with van der Waals surface area (Å²) in [5.41, 5.74) is -0.0893. The first-order valence-electron chi connectivity index (χ1n) is 5.91. The summed E-state index contributed by atoms with van der Waals surface area (Å²) in [6.45, 7) is 7.19. The molecule has 1 heterocycles. The number of aliphatic hydroxyl groups is 1. The number of amides is 2. The lowest BCUT2D eigenvalue weighted by molar-refractivity contribution is 0.142. The number of nitrogens with zero attached hydrogens (tertiary/aromatic N) is 1. The first-order chi connectivity index (χ1) is 7.64. The van der Waals surface area contributed by atoms with Crippen LogP contribution in [0.2, 0.25) is 0 Å². The van der Waals surface area contributed by atoms with Crippen LogP contribution in [0.1, 0.15) is 32.6 Å². The van der Waals surface area contributed by atoms with Crippen LogP contribution in [0.15, 0.2) is 12.7 Å². The van der Waals surface area contributed by atoms with Gasteiger partial charge < -0.3 is 15.3 Å².